The Bertz CT molecular complexity index is 1030. The van der Waals surface area contributed by atoms with E-state index in [0.29, 0.717) is 6.61 Å². The largest absolute Gasteiger partial charge is 0.494 e. The average molecular weight is 420 g/mol. The van der Waals surface area contributed by atoms with Crippen LogP contribution in [0.15, 0.2) is 60.8 Å². The molecular weight excluding hydrogens is 390 g/mol. The van der Waals surface area contributed by atoms with Gasteiger partial charge in [0.15, 0.2) is 5.11 Å². The minimum Gasteiger partial charge on any atom is -0.494 e. The maximum atomic E-state index is 5.95. The predicted octanol–water partition coefficient (Wildman–Crippen LogP) is 5.56. The second-order valence-corrected chi connectivity index (χ2v) is 8.00. The summed E-state index contributed by atoms with van der Waals surface area (Å²) in [5.74, 6) is 0.896. The van der Waals surface area contributed by atoms with Gasteiger partial charge in [-0.3, -0.25) is 0 Å². The molecule has 0 spiro atoms. The van der Waals surface area contributed by atoms with Gasteiger partial charge in [0.2, 0.25) is 0 Å². The smallest absolute Gasteiger partial charge is 0.174 e. The SMILES string of the molecule is CCOc1ccc([C@@H]2c3cccn3CCN2C(=S)Nc2c(C)cccc2CC)cc1. The van der Waals surface area contributed by atoms with Crippen LogP contribution in [0.2, 0.25) is 0 Å². The van der Waals surface area contributed by atoms with Crippen LogP contribution in [-0.4, -0.2) is 27.7 Å². The second kappa shape index (κ2) is 8.92. The zero-order valence-electron chi connectivity index (χ0n) is 17.9. The average Bonchev–Trinajstić information content (AvgIpc) is 3.24. The Labute approximate surface area is 184 Å². The topological polar surface area (TPSA) is 29.4 Å². The molecule has 0 fully saturated rings. The number of nitrogens with one attached hydrogen (secondary N) is 1. The summed E-state index contributed by atoms with van der Waals surface area (Å²) in [6.45, 7) is 8.77. The Kier molecular flexibility index (Phi) is 6.09. The lowest BCUT2D eigenvalue weighted by molar-refractivity contribution is 0.293. The maximum Gasteiger partial charge on any atom is 0.174 e. The van der Waals surface area contributed by atoms with Gasteiger partial charge in [-0.15, -0.1) is 0 Å². The first kappa shape index (κ1) is 20.5. The Morgan fingerprint density at radius 2 is 1.87 bits per heavy atom. The fraction of sp³-hybridized carbons (Fsp3) is 0.320. The van der Waals surface area contributed by atoms with Gasteiger partial charge in [-0.05, 0) is 73.4 Å². The summed E-state index contributed by atoms with van der Waals surface area (Å²) in [5, 5.41) is 4.35. The van der Waals surface area contributed by atoms with Gasteiger partial charge in [0, 0.05) is 30.7 Å². The fourth-order valence-electron chi connectivity index (χ4n) is 4.25. The van der Waals surface area contributed by atoms with Crippen LogP contribution in [0.4, 0.5) is 5.69 Å². The van der Waals surface area contributed by atoms with Crippen LogP contribution in [0.3, 0.4) is 0 Å². The highest BCUT2D eigenvalue weighted by molar-refractivity contribution is 7.80. The highest BCUT2D eigenvalue weighted by Crippen LogP contribution is 2.34. The molecule has 1 aromatic heterocycles. The highest BCUT2D eigenvalue weighted by atomic mass is 32.1. The van der Waals surface area contributed by atoms with E-state index in [0.717, 1.165) is 36.1 Å². The quantitative estimate of drug-likeness (QED) is 0.548. The van der Waals surface area contributed by atoms with Crippen molar-refractivity contribution in [1.82, 2.24) is 9.47 Å². The number of fused-ring (bicyclic) bond motifs is 1. The summed E-state index contributed by atoms with van der Waals surface area (Å²) in [6, 6.07) is 19.2. The molecule has 1 atom stereocenters. The third-order valence-electron chi connectivity index (χ3n) is 5.78. The number of para-hydroxylation sites is 1. The highest BCUT2D eigenvalue weighted by Gasteiger charge is 2.30. The van der Waals surface area contributed by atoms with Crippen LogP contribution in [0.1, 0.15) is 42.3 Å². The van der Waals surface area contributed by atoms with E-state index in [1.165, 1.54) is 22.4 Å². The molecule has 156 valence electrons. The molecule has 0 radical (unpaired) electrons. The molecule has 5 heteroatoms. The normalized spacial score (nSPS) is 15.6. The number of aromatic nitrogens is 1. The van der Waals surface area contributed by atoms with E-state index in [2.05, 4.69) is 77.3 Å². The number of benzene rings is 2. The van der Waals surface area contributed by atoms with Crippen LogP contribution in [0.25, 0.3) is 0 Å². The lowest BCUT2D eigenvalue weighted by Gasteiger charge is -2.39. The fourth-order valence-corrected chi connectivity index (χ4v) is 4.55. The number of thiocarbonyl (C=S) groups is 1. The molecule has 4 nitrogen and oxygen atoms in total. The van der Waals surface area contributed by atoms with Crippen LogP contribution in [0, 0.1) is 6.92 Å². The third-order valence-corrected chi connectivity index (χ3v) is 6.11. The van der Waals surface area contributed by atoms with Gasteiger partial charge in [-0.1, -0.05) is 37.3 Å². The molecule has 4 rings (SSSR count). The first-order valence-electron chi connectivity index (χ1n) is 10.7. The second-order valence-electron chi connectivity index (χ2n) is 7.62. The summed E-state index contributed by atoms with van der Waals surface area (Å²) in [4.78, 5) is 2.31. The molecule has 1 N–H and O–H groups in total. The first-order chi connectivity index (χ1) is 14.6. The molecule has 3 aromatic rings. The van der Waals surface area contributed by atoms with E-state index in [1.54, 1.807) is 0 Å². The Hall–Kier alpha value is -2.79. The number of aryl methyl sites for hydroxylation is 2. The van der Waals surface area contributed by atoms with Crippen molar-refractivity contribution in [2.24, 2.45) is 0 Å². The molecule has 0 bridgehead atoms. The molecule has 2 heterocycles. The van der Waals surface area contributed by atoms with Crippen molar-refractivity contribution < 1.29 is 4.74 Å². The summed E-state index contributed by atoms with van der Waals surface area (Å²) in [6.07, 6.45) is 3.12. The first-order valence-corrected chi connectivity index (χ1v) is 11.1. The van der Waals surface area contributed by atoms with Crippen LogP contribution < -0.4 is 10.1 Å². The van der Waals surface area contributed by atoms with E-state index in [4.69, 9.17) is 17.0 Å². The zero-order chi connectivity index (χ0) is 21.1. The number of nitrogens with zero attached hydrogens (tertiary/aromatic N) is 2. The van der Waals surface area contributed by atoms with Crippen LogP contribution >= 0.6 is 12.2 Å². The number of rotatable bonds is 5. The van der Waals surface area contributed by atoms with Gasteiger partial charge in [-0.2, -0.15) is 0 Å². The molecule has 2 aromatic carbocycles. The van der Waals surface area contributed by atoms with Gasteiger partial charge in [0.1, 0.15) is 5.75 Å². The van der Waals surface area contributed by atoms with Gasteiger partial charge in [0.05, 0.1) is 12.6 Å². The lowest BCUT2D eigenvalue weighted by Crippen LogP contribution is -2.44. The summed E-state index contributed by atoms with van der Waals surface area (Å²) >= 11 is 5.95. The van der Waals surface area contributed by atoms with Crippen molar-refractivity contribution in [2.75, 3.05) is 18.5 Å². The van der Waals surface area contributed by atoms with Gasteiger partial charge in [-0.25, -0.2) is 0 Å². The monoisotopic (exact) mass is 419 g/mol. The Morgan fingerprint density at radius 1 is 1.07 bits per heavy atom. The molecule has 0 amide bonds. The molecule has 0 saturated carbocycles. The number of ether oxygens (including phenoxy) is 1. The molecular formula is C25H29N3OS. The number of hydrogen-bond acceptors (Lipinski definition) is 2. The number of anilines is 1. The van der Waals surface area contributed by atoms with Crippen LogP contribution in [0.5, 0.6) is 5.75 Å². The van der Waals surface area contributed by atoms with Crippen molar-refractivity contribution in [2.45, 2.75) is 39.8 Å². The Morgan fingerprint density at radius 3 is 2.60 bits per heavy atom. The molecule has 0 unspecified atom stereocenters. The predicted molar refractivity (Wildman–Crippen MR) is 127 cm³/mol. The molecule has 0 saturated heterocycles. The van der Waals surface area contributed by atoms with Crippen molar-refractivity contribution in [3.8, 4) is 5.75 Å². The molecule has 1 aliphatic heterocycles. The van der Waals surface area contributed by atoms with E-state index >= 15 is 0 Å². The summed E-state index contributed by atoms with van der Waals surface area (Å²) < 4.78 is 7.96. The van der Waals surface area contributed by atoms with Gasteiger partial charge < -0.3 is 19.5 Å². The third kappa shape index (κ3) is 3.94. The van der Waals surface area contributed by atoms with Crippen LogP contribution in [-0.2, 0) is 13.0 Å². The lowest BCUT2D eigenvalue weighted by atomic mass is 10.00. The minimum absolute atomic E-state index is 0.0681. The minimum atomic E-state index is 0.0681. The zero-order valence-corrected chi connectivity index (χ0v) is 18.7. The van der Waals surface area contributed by atoms with Crippen molar-refractivity contribution in [1.29, 1.82) is 0 Å². The molecule has 1 aliphatic rings. The summed E-state index contributed by atoms with van der Waals surface area (Å²) in [7, 11) is 0. The van der Waals surface area contributed by atoms with E-state index < -0.39 is 0 Å². The molecule has 0 aliphatic carbocycles. The number of hydrogen-bond donors (Lipinski definition) is 1. The van der Waals surface area contributed by atoms with E-state index in [9.17, 15) is 0 Å². The maximum absolute atomic E-state index is 5.95. The van der Waals surface area contributed by atoms with Gasteiger partial charge >= 0.3 is 0 Å². The van der Waals surface area contributed by atoms with E-state index in [-0.39, 0.29) is 6.04 Å². The van der Waals surface area contributed by atoms with E-state index in [1.807, 2.05) is 19.1 Å². The summed E-state index contributed by atoms with van der Waals surface area (Å²) in [5.41, 5.74) is 6.11. The van der Waals surface area contributed by atoms with Gasteiger partial charge in [0.25, 0.3) is 0 Å². The van der Waals surface area contributed by atoms with Crippen molar-refractivity contribution in [3.63, 3.8) is 0 Å². The van der Waals surface area contributed by atoms with Crippen molar-refractivity contribution in [3.05, 3.63) is 83.2 Å². The van der Waals surface area contributed by atoms with Crippen molar-refractivity contribution >= 4 is 23.0 Å². The Balaban J connectivity index is 1.67. The molecule has 30 heavy (non-hydrogen) atoms. The standard InChI is InChI=1S/C25H29N3OS/c1-4-19-9-6-8-18(3)23(19)26-25(30)28-17-16-27-15-7-10-22(27)24(28)20-11-13-21(14-12-20)29-5-2/h6-15,24H,4-5,16-17H2,1-3H3,(H,26,30)/t24-/m1/s1.